The number of carbonyl (C=O) groups is 1. The molecule has 0 aliphatic rings. The van der Waals surface area contributed by atoms with Gasteiger partial charge in [-0.25, -0.2) is 4.98 Å². The number of nitrogens with zero attached hydrogens (tertiary/aromatic N) is 3. The summed E-state index contributed by atoms with van der Waals surface area (Å²) in [4.78, 5) is 16.8. The molecule has 0 aliphatic carbocycles. The first-order valence-corrected chi connectivity index (χ1v) is 6.95. The zero-order valence-electron chi connectivity index (χ0n) is 10.5. The van der Waals surface area contributed by atoms with Crippen LogP contribution in [-0.2, 0) is 6.54 Å². The molecule has 3 aromatic rings. The van der Waals surface area contributed by atoms with Crippen LogP contribution in [0.25, 0.3) is 10.6 Å². The topological polar surface area (TPSA) is 73.0 Å². The third-order valence-corrected chi connectivity index (χ3v) is 3.61. The normalized spacial score (nSPS) is 10.6. The number of rotatable bonds is 5. The van der Waals surface area contributed by atoms with E-state index in [2.05, 4.69) is 15.5 Å². The fraction of sp³-hybridized carbons (Fsp3) is 0.154. The number of hydrogen-bond donors (Lipinski definition) is 1. The van der Waals surface area contributed by atoms with E-state index in [4.69, 9.17) is 4.52 Å². The van der Waals surface area contributed by atoms with Gasteiger partial charge in [-0.3, -0.25) is 4.79 Å². The molecule has 0 saturated heterocycles. The van der Waals surface area contributed by atoms with Crippen molar-refractivity contribution < 1.29 is 9.32 Å². The third-order valence-electron chi connectivity index (χ3n) is 2.72. The zero-order valence-corrected chi connectivity index (χ0v) is 11.3. The quantitative estimate of drug-likeness (QED) is 0.779. The fourth-order valence-electron chi connectivity index (χ4n) is 1.73. The van der Waals surface area contributed by atoms with Gasteiger partial charge in [-0.05, 0) is 11.4 Å². The Kier molecular flexibility index (Phi) is 3.60. The summed E-state index contributed by atoms with van der Waals surface area (Å²) in [6.45, 7) is 1.18. The lowest BCUT2D eigenvalue weighted by molar-refractivity contribution is 0.0943. The summed E-state index contributed by atoms with van der Waals surface area (Å²) in [6, 6.07) is 5.50. The molecule has 7 heteroatoms. The maximum atomic E-state index is 11.9. The van der Waals surface area contributed by atoms with Crippen LogP contribution in [0, 0.1) is 0 Å². The Bertz CT molecular complexity index is 673. The summed E-state index contributed by atoms with van der Waals surface area (Å²) in [5.41, 5.74) is 0.291. The first kappa shape index (κ1) is 12.6. The predicted molar refractivity (Wildman–Crippen MR) is 74.4 cm³/mol. The van der Waals surface area contributed by atoms with E-state index in [1.165, 1.54) is 0 Å². The van der Waals surface area contributed by atoms with E-state index in [0.29, 0.717) is 24.5 Å². The highest BCUT2D eigenvalue weighted by atomic mass is 32.1. The summed E-state index contributed by atoms with van der Waals surface area (Å²) in [6.07, 6.45) is 5.25. The number of imidazole rings is 1. The SMILES string of the molecule is O=C(NCCn1ccnc1)c1cc(-c2cccs2)on1. The van der Waals surface area contributed by atoms with E-state index in [1.54, 1.807) is 29.9 Å². The minimum atomic E-state index is -0.239. The number of aromatic nitrogens is 3. The highest BCUT2D eigenvalue weighted by Crippen LogP contribution is 2.24. The average molecular weight is 288 g/mol. The lowest BCUT2D eigenvalue weighted by atomic mass is 10.3. The van der Waals surface area contributed by atoms with E-state index >= 15 is 0 Å². The highest BCUT2D eigenvalue weighted by molar-refractivity contribution is 7.13. The summed E-state index contributed by atoms with van der Waals surface area (Å²) in [7, 11) is 0. The van der Waals surface area contributed by atoms with Crippen molar-refractivity contribution in [1.82, 2.24) is 20.0 Å². The Labute approximate surface area is 119 Å². The van der Waals surface area contributed by atoms with Crippen LogP contribution in [0.15, 0.2) is 46.8 Å². The second-order valence-electron chi connectivity index (χ2n) is 4.11. The molecule has 20 heavy (non-hydrogen) atoms. The molecule has 0 aliphatic heterocycles. The highest BCUT2D eigenvalue weighted by Gasteiger charge is 2.13. The van der Waals surface area contributed by atoms with E-state index in [-0.39, 0.29) is 5.91 Å². The fourth-order valence-corrected chi connectivity index (χ4v) is 2.40. The van der Waals surface area contributed by atoms with Gasteiger partial charge in [-0.2, -0.15) is 0 Å². The van der Waals surface area contributed by atoms with Crippen molar-refractivity contribution >= 4 is 17.2 Å². The van der Waals surface area contributed by atoms with Gasteiger partial charge < -0.3 is 14.4 Å². The van der Waals surface area contributed by atoms with Crippen LogP contribution in [0.3, 0.4) is 0 Å². The number of carbonyl (C=O) groups excluding carboxylic acids is 1. The summed E-state index contributed by atoms with van der Waals surface area (Å²) in [5.74, 6) is 0.372. The molecule has 0 unspecified atom stereocenters. The van der Waals surface area contributed by atoms with Crippen molar-refractivity contribution in [3.63, 3.8) is 0 Å². The second-order valence-corrected chi connectivity index (χ2v) is 5.06. The molecule has 0 radical (unpaired) electrons. The Morgan fingerprint density at radius 3 is 3.20 bits per heavy atom. The summed E-state index contributed by atoms with van der Waals surface area (Å²) >= 11 is 1.54. The van der Waals surface area contributed by atoms with Crippen LogP contribution >= 0.6 is 11.3 Å². The average Bonchev–Trinajstić information content (AvgIpc) is 3.20. The molecule has 102 valence electrons. The van der Waals surface area contributed by atoms with Gasteiger partial charge in [0.25, 0.3) is 5.91 Å². The van der Waals surface area contributed by atoms with Gasteiger partial charge >= 0.3 is 0 Å². The largest absolute Gasteiger partial charge is 0.355 e. The van der Waals surface area contributed by atoms with Gasteiger partial charge in [0.2, 0.25) is 0 Å². The van der Waals surface area contributed by atoms with E-state index in [0.717, 1.165) is 4.88 Å². The molecule has 0 aromatic carbocycles. The number of thiophene rings is 1. The summed E-state index contributed by atoms with van der Waals surface area (Å²) < 4.78 is 7.06. The van der Waals surface area contributed by atoms with Crippen molar-refractivity contribution in [2.24, 2.45) is 0 Å². The van der Waals surface area contributed by atoms with Gasteiger partial charge in [-0.15, -0.1) is 11.3 Å². The van der Waals surface area contributed by atoms with Crippen LogP contribution in [0.5, 0.6) is 0 Å². The van der Waals surface area contributed by atoms with E-state index < -0.39 is 0 Å². The maximum absolute atomic E-state index is 11.9. The van der Waals surface area contributed by atoms with Gasteiger partial charge in [0.05, 0.1) is 11.2 Å². The first-order chi connectivity index (χ1) is 9.83. The molecule has 0 spiro atoms. The molecule has 3 aromatic heterocycles. The van der Waals surface area contributed by atoms with Gasteiger partial charge in [0, 0.05) is 31.5 Å². The van der Waals surface area contributed by atoms with Crippen LogP contribution in [0.4, 0.5) is 0 Å². The van der Waals surface area contributed by atoms with Crippen LogP contribution in [-0.4, -0.2) is 27.2 Å². The van der Waals surface area contributed by atoms with E-state index in [9.17, 15) is 4.79 Å². The minimum absolute atomic E-state index is 0.239. The van der Waals surface area contributed by atoms with Crippen LogP contribution in [0.1, 0.15) is 10.5 Å². The van der Waals surface area contributed by atoms with Crippen molar-refractivity contribution in [2.75, 3.05) is 6.54 Å². The molecular weight excluding hydrogens is 276 g/mol. The Morgan fingerprint density at radius 1 is 1.50 bits per heavy atom. The first-order valence-electron chi connectivity index (χ1n) is 6.07. The molecule has 3 heterocycles. The predicted octanol–water partition coefficient (Wildman–Crippen LogP) is 2.03. The molecule has 6 nitrogen and oxygen atoms in total. The smallest absolute Gasteiger partial charge is 0.273 e. The molecule has 0 atom stereocenters. The minimum Gasteiger partial charge on any atom is -0.355 e. The van der Waals surface area contributed by atoms with Crippen molar-refractivity contribution in [1.29, 1.82) is 0 Å². The van der Waals surface area contributed by atoms with Crippen molar-refractivity contribution in [2.45, 2.75) is 6.54 Å². The zero-order chi connectivity index (χ0) is 13.8. The van der Waals surface area contributed by atoms with E-state index in [1.807, 2.05) is 28.3 Å². The third kappa shape index (κ3) is 2.77. The molecular formula is C13H12N4O2S. The van der Waals surface area contributed by atoms with Crippen molar-refractivity contribution in [3.05, 3.63) is 48.0 Å². The second kappa shape index (κ2) is 5.70. The monoisotopic (exact) mass is 288 g/mol. The standard InChI is InChI=1S/C13H12N4O2S/c18-13(15-4-6-17-5-3-14-9-17)10-8-11(19-16-10)12-2-1-7-20-12/h1-3,5,7-9H,4,6H2,(H,15,18). The maximum Gasteiger partial charge on any atom is 0.273 e. The lowest BCUT2D eigenvalue weighted by Gasteiger charge is -2.03. The molecule has 0 saturated carbocycles. The van der Waals surface area contributed by atoms with Crippen molar-refractivity contribution in [3.8, 4) is 10.6 Å². The number of nitrogens with one attached hydrogen (secondary N) is 1. The van der Waals surface area contributed by atoms with Gasteiger partial charge in [0.15, 0.2) is 11.5 Å². The molecule has 3 rings (SSSR count). The molecule has 0 fully saturated rings. The molecule has 1 amide bonds. The van der Waals surface area contributed by atoms with Crippen LogP contribution in [0.2, 0.25) is 0 Å². The molecule has 0 bridgehead atoms. The number of amides is 1. The van der Waals surface area contributed by atoms with Gasteiger partial charge in [0.1, 0.15) is 0 Å². The summed E-state index contributed by atoms with van der Waals surface area (Å²) in [5, 5.41) is 8.52. The van der Waals surface area contributed by atoms with Crippen LogP contribution < -0.4 is 5.32 Å². The Hall–Kier alpha value is -2.41. The van der Waals surface area contributed by atoms with Gasteiger partial charge in [-0.1, -0.05) is 11.2 Å². The Morgan fingerprint density at radius 2 is 2.45 bits per heavy atom. The molecule has 1 N–H and O–H groups in total. The lowest BCUT2D eigenvalue weighted by Crippen LogP contribution is -2.27. The number of hydrogen-bond acceptors (Lipinski definition) is 5. The Balaban J connectivity index is 1.57.